The van der Waals surface area contributed by atoms with E-state index in [1.54, 1.807) is 6.92 Å². The molecule has 2 aliphatic heterocycles. The van der Waals surface area contributed by atoms with Crippen LogP contribution in [0.25, 0.3) is 11.0 Å². The Bertz CT molecular complexity index is 741. The maximum atomic E-state index is 10.4. The van der Waals surface area contributed by atoms with Crippen molar-refractivity contribution in [1.82, 2.24) is 9.97 Å². The lowest BCUT2D eigenvalue weighted by Crippen LogP contribution is -2.59. The van der Waals surface area contributed by atoms with E-state index in [1.807, 2.05) is 30.5 Å². The van der Waals surface area contributed by atoms with Crippen molar-refractivity contribution in [2.45, 2.75) is 43.5 Å². The highest BCUT2D eigenvalue weighted by molar-refractivity contribution is 5.75. The number of piperidine rings is 1. The van der Waals surface area contributed by atoms with E-state index in [2.05, 4.69) is 9.88 Å². The van der Waals surface area contributed by atoms with Gasteiger partial charge in [-0.1, -0.05) is 12.1 Å². The molecule has 1 aromatic heterocycles. The van der Waals surface area contributed by atoms with Gasteiger partial charge >= 0.3 is 0 Å². The SMILES string of the molecule is C[C@]1(O)CC2(CCN(c3cnc4ccccc4n3)CC2)OC[C@@H]1O. The fourth-order valence-corrected chi connectivity index (χ4v) is 3.82. The third-order valence-electron chi connectivity index (χ3n) is 5.38. The van der Waals surface area contributed by atoms with Crippen LogP contribution in [0.3, 0.4) is 0 Å². The van der Waals surface area contributed by atoms with Gasteiger partial charge in [-0.15, -0.1) is 0 Å². The number of ether oxygens (including phenoxy) is 1. The average Bonchev–Trinajstić information content (AvgIpc) is 2.59. The van der Waals surface area contributed by atoms with Gasteiger partial charge in [0.1, 0.15) is 11.9 Å². The van der Waals surface area contributed by atoms with Gasteiger partial charge in [0.15, 0.2) is 0 Å². The molecule has 6 nitrogen and oxygen atoms in total. The molecule has 0 bridgehead atoms. The summed E-state index contributed by atoms with van der Waals surface area (Å²) < 4.78 is 5.94. The Morgan fingerprint density at radius 2 is 1.92 bits per heavy atom. The lowest BCUT2D eigenvalue weighted by molar-refractivity contribution is -0.216. The third kappa shape index (κ3) is 2.75. The predicted octanol–water partition coefficient (Wildman–Crippen LogP) is 1.50. The first-order chi connectivity index (χ1) is 11.5. The average molecular weight is 329 g/mol. The second kappa shape index (κ2) is 5.65. The molecule has 128 valence electrons. The number of fused-ring (bicyclic) bond motifs is 1. The number of hydrogen-bond acceptors (Lipinski definition) is 6. The van der Waals surface area contributed by atoms with Gasteiger partial charge in [0.2, 0.25) is 0 Å². The largest absolute Gasteiger partial charge is 0.388 e. The van der Waals surface area contributed by atoms with E-state index >= 15 is 0 Å². The normalized spacial score (nSPS) is 30.0. The third-order valence-corrected chi connectivity index (χ3v) is 5.38. The van der Waals surface area contributed by atoms with Crippen molar-refractivity contribution in [2.24, 2.45) is 0 Å². The molecule has 2 fully saturated rings. The Hall–Kier alpha value is -1.76. The molecule has 3 heterocycles. The summed E-state index contributed by atoms with van der Waals surface area (Å²) in [4.78, 5) is 11.4. The molecule has 0 unspecified atom stereocenters. The van der Waals surface area contributed by atoms with Crippen LogP contribution >= 0.6 is 0 Å². The molecule has 24 heavy (non-hydrogen) atoms. The number of aliphatic hydroxyl groups excluding tert-OH is 1. The smallest absolute Gasteiger partial charge is 0.147 e. The van der Waals surface area contributed by atoms with Crippen LogP contribution in [-0.4, -0.2) is 57.2 Å². The van der Waals surface area contributed by atoms with Crippen molar-refractivity contribution in [3.63, 3.8) is 0 Å². The minimum absolute atomic E-state index is 0.197. The fraction of sp³-hybridized carbons (Fsp3) is 0.556. The van der Waals surface area contributed by atoms with Gasteiger partial charge in [0.05, 0.1) is 35.0 Å². The number of rotatable bonds is 1. The lowest BCUT2D eigenvalue weighted by Gasteiger charge is -2.50. The van der Waals surface area contributed by atoms with Crippen molar-refractivity contribution in [2.75, 3.05) is 24.6 Å². The van der Waals surface area contributed by atoms with Crippen LogP contribution in [-0.2, 0) is 4.74 Å². The molecule has 0 amide bonds. The second-order valence-corrected chi connectivity index (χ2v) is 7.25. The number of anilines is 1. The van der Waals surface area contributed by atoms with Crippen molar-refractivity contribution in [1.29, 1.82) is 0 Å². The molecule has 2 aromatic rings. The van der Waals surface area contributed by atoms with Crippen LogP contribution in [0.15, 0.2) is 30.5 Å². The first-order valence-corrected chi connectivity index (χ1v) is 8.49. The standard InChI is InChI=1S/C18H23N3O3/c1-17(23)12-18(24-11-15(17)22)6-8-21(9-7-18)16-10-19-13-4-2-3-5-14(13)20-16/h2-5,10,15,22-23H,6-9,11-12H2,1H3/t15-,17-/m0/s1. The molecule has 0 aliphatic carbocycles. The predicted molar refractivity (Wildman–Crippen MR) is 90.9 cm³/mol. The van der Waals surface area contributed by atoms with E-state index < -0.39 is 11.7 Å². The highest BCUT2D eigenvalue weighted by atomic mass is 16.5. The molecule has 6 heteroatoms. The van der Waals surface area contributed by atoms with E-state index in [9.17, 15) is 10.2 Å². The van der Waals surface area contributed by atoms with E-state index in [1.165, 1.54) is 0 Å². The zero-order chi connectivity index (χ0) is 16.8. The van der Waals surface area contributed by atoms with E-state index in [4.69, 9.17) is 9.72 Å². The quantitative estimate of drug-likeness (QED) is 0.825. The zero-order valence-corrected chi connectivity index (χ0v) is 13.9. The number of aromatic nitrogens is 2. The Labute approximate surface area is 141 Å². The number of aliphatic hydroxyl groups is 2. The molecule has 0 saturated carbocycles. The molecule has 4 rings (SSSR count). The molecule has 2 N–H and O–H groups in total. The van der Waals surface area contributed by atoms with Crippen LogP contribution < -0.4 is 4.90 Å². The van der Waals surface area contributed by atoms with Crippen molar-refractivity contribution >= 4 is 16.9 Å². The number of para-hydroxylation sites is 2. The Kier molecular flexibility index (Phi) is 3.71. The van der Waals surface area contributed by atoms with E-state index in [0.29, 0.717) is 6.42 Å². The molecular weight excluding hydrogens is 306 g/mol. The highest BCUT2D eigenvalue weighted by Crippen LogP contribution is 2.40. The van der Waals surface area contributed by atoms with Gasteiger partial charge in [-0.2, -0.15) is 0 Å². The fourth-order valence-electron chi connectivity index (χ4n) is 3.82. The topological polar surface area (TPSA) is 78.7 Å². The Morgan fingerprint density at radius 3 is 2.62 bits per heavy atom. The van der Waals surface area contributed by atoms with Crippen molar-refractivity contribution in [3.8, 4) is 0 Å². The van der Waals surface area contributed by atoms with E-state index in [-0.39, 0.29) is 12.2 Å². The van der Waals surface area contributed by atoms with Crippen LogP contribution in [0.5, 0.6) is 0 Å². The first-order valence-electron chi connectivity index (χ1n) is 8.49. The second-order valence-electron chi connectivity index (χ2n) is 7.25. The summed E-state index contributed by atoms with van der Waals surface area (Å²) in [5.41, 5.74) is 0.373. The van der Waals surface area contributed by atoms with Gasteiger partial charge in [-0.3, -0.25) is 4.98 Å². The van der Waals surface area contributed by atoms with Gasteiger partial charge < -0.3 is 19.8 Å². The minimum atomic E-state index is -1.08. The van der Waals surface area contributed by atoms with E-state index in [0.717, 1.165) is 42.8 Å². The number of nitrogens with zero attached hydrogens (tertiary/aromatic N) is 3. The van der Waals surface area contributed by atoms with Crippen molar-refractivity contribution < 1.29 is 14.9 Å². The summed E-state index contributed by atoms with van der Waals surface area (Å²) in [6.45, 7) is 3.50. The lowest BCUT2D eigenvalue weighted by atomic mass is 9.76. The van der Waals surface area contributed by atoms with Crippen molar-refractivity contribution in [3.05, 3.63) is 30.5 Å². The van der Waals surface area contributed by atoms with Crippen LogP contribution in [0.1, 0.15) is 26.2 Å². The monoisotopic (exact) mass is 329 g/mol. The molecule has 1 spiro atoms. The molecule has 2 atom stereocenters. The first kappa shape index (κ1) is 15.7. The summed E-state index contributed by atoms with van der Waals surface area (Å²) >= 11 is 0. The van der Waals surface area contributed by atoms with Crippen LogP contribution in [0, 0.1) is 0 Å². The van der Waals surface area contributed by atoms with Gasteiger partial charge in [-0.25, -0.2) is 4.98 Å². The summed E-state index contributed by atoms with van der Waals surface area (Å²) in [6.07, 6.45) is 3.10. The maximum absolute atomic E-state index is 10.4. The Balaban J connectivity index is 1.49. The van der Waals surface area contributed by atoms with Gasteiger partial charge in [0.25, 0.3) is 0 Å². The molecule has 2 aliphatic rings. The molecule has 0 radical (unpaired) electrons. The number of benzene rings is 1. The van der Waals surface area contributed by atoms with Gasteiger partial charge in [0, 0.05) is 19.5 Å². The van der Waals surface area contributed by atoms with Gasteiger partial charge in [-0.05, 0) is 31.9 Å². The highest BCUT2D eigenvalue weighted by Gasteiger charge is 2.48. The maximum Gasteiger partial charge on any atom is 0.147 e. The summed E-state index contributed by atoms with van der Waals surface area (Å²) in [6, 6.07) is 7.86. The van der Waals surface area contributed by atoms with Crippen LogP contribution in [0.4, 0.5) is 5.82 Å². The van der Waals surface area contributed by atoms with Crippen LogP contribution in [0.2, 0.25) is 0 Å². The summed E-state index contributed by atoms with van der Waals surface area (Å²) in [5.74, 6) is 0.881. The minimum Gasteiger partial charge on any atom is -0.388 e. The number of hydrogen-bond donors (Lipinski definition) is 2. The molecular formula is C18H23N3O3. The molecule has 2 saturated heterocycles. The summed E-state index contributed by atoms with van der Waals surface area (Å²) in [5, 5.41) is 20.3. The molecule has 1 aromatic carbocycles. The zero-order valence-electron chi connectivity index (χ0n) is 13.9. The summed E-state index contributed by atoms with van der Waals surface area (Å²) in [7, 11) is 0. The Morgan fingerprint density at radius 1 is 1.21 bits per heavy atom.